The third-order valence-electron chi connectivity index (χ3n) is 2.92. The Morgan fingerprint density at radius 3 is 2.61 bits per heavy atom. The molecule has 0 N–H and O–H groups in total. The molecular formula is C15H16O3. The monoisotopic (exact) mass is 244 g/mol. The Labute approximate surface area is 106 Å². The lowest BCUT2D eigenvalue weighted by Crippen LogP contribution is -2.21. The predicted molar refractivity (Wildman–Crippen MR) is 68.3 cm³/mol. The van der Waals surface area contributed by atoms with E-state index in [1.807, 2.05) is 18.2 Å². The van der Waals surface area contributed by atoms with Gasteiger partial charge in [0.1, 0.15) is 5.76 Å². The van der Waals surface area contributed by atoms with Crippen molar-refractivity contribution >= 4 is 11.6 Å². The number of rotatable bonds is 4. The van der Waals surface area contributed by atoms with E-state index in [1.165, 1.54) is 6.08 Å². The van der Waals surface area contributed by atoms with E-state index in [2.05, 4.69) is 0 Å². The summed E-state index contributed by atoms with van der Waals surface area (Å²) >= 11 is 0. The van der Waals surface area contributed by atoms with Crippen molar-refractivity contribution in [1.82, 2.24) is 0 Å². The summed E-state index contributed by atoms with van der Waals surface area (Å²) < 4.78 is 5.57. The van der Waals surface area contributed by atoms with Crippen LogP contribution < -0.4 is 0 Å². The van der Waals surface area contributed by atoms with Gasteiger partial charge in [0, 0.05) is 24.5 Å². The van der Waals surface area contributed by atoms with Gasteiger partial charge in [-0.3, -0.25) is 9.59 Å². The molecule has 1 atom stereocenters. The number of Topliss-reactive ketones (excluding diaryl/α,β-unsaturated/α-hetero) is 1. The van der Waals surface area contributed by atoms with Gasteiger partial charge in [0.25, 0.3) is 0 Å². The topological polar surface area (TPSA) is 43.4 Å². The Bertz CT molecular complexity index is 474. The van der Waals surface area contributed by atoms with Crippen LogP contribution in [0, 0.1) is 0 Å². The van der Waals surface area contributed by atoms with Crippen LogP contribution in [-0.2, 0) is 9.53 Å². The molecule has 3 nitrogen and oxygen atoms in total. The van der Waals surface area contributed by atoms with E-state index < -0.39 is 6.10 Å². The summed E-state index contributed by atoms with van der Waals surface area (Å²) in [7, 11) is 0. The fourth-order valence-electron chi connectivity index (χ4n) is 1.97. The smallest absolute Gasteiger partial charge is 0.202 e. The third kappa shape index (κ3) is 3.06. The van der Waals surface area contributed by atoms with E-state index >= 15 is 0 Å². The second-order valence-electron chi connectivity index (χ2n) is 4.42. The first kappa shape index (κ1) is 12.6. The van der Waals surface area contributed by atoms with Crippen molar-refractivity contribution in [2.75, 3.05) is 0 Å². The molecule has 0 saturated heterocycles. The van der Waals surface area contributed by atoms with Gasteiger partial charge in [0.15, 0.2) is 11.9 Å². The number of hydrogen-bond acceptors (Lipinski definition) is 3. The van der Waals surface area contributed by atoms with Gasteiger partial charge in [0.05, 0.1) is 0 Å². The molecule has 0 aromatic heterocycles. The molecule has 0 radical (unpaired) electrons. The van der Waals surface area contributed by atoms with Crippen LogP contribution in [0.25, 0.3) is 0 Å². The lowest BCUT2D eigenvalue weighted by molar-refractivity contribution is -0.115. The van der Waals surface area contributed by atoms with Gasteiger partial charge >= 0.3 is 0 Å². The summed E-state index contributed by atoms with van der Waals surface area (Å²) in [5, 5.41) is 0. The molecule has 2 rings (SSSR count). The number of benzene rings is 1. The zero-order chi connectivity index (χ0) is 13.0. The lowest BCUT2D eigenvalue weighted by Gasteiger charge is -2.18. The van der Waals surface area contributed by atoms with E-state index in [1.54, 1.807) is 19.1 Å². The number of allylic oxidation sites excluding steroid dienone is 2. The van der Waals surface area contributed by atoms with Crippen LogP contribution in [-0.4, -0.2) is 17.7 Å². The number of carbonyl (C=O) groups is 2. The number of carbonyl (C=O) groups excluding carboxylic acids is 2. The fourth-order valence-corrected chi connectivity index (χ4v) is 1.97. The Morgan fingerprint density at radius 1 is 1.22 bits per heavy atom. The third-order valence-corrected chi connectivity index (χ3v) is 2.92. The summed E-state index contributed by atoms with van der Waals surface area (Å²) in [6.07, 6.45) is 3.07. The van der Waals surface area contributed by atoms with Crippen LogP contribution in [0.5, 0.6) is 0 Å². The molecule has 1 aromatic rings. The Balaban J connectivity index is 2.02. The molecule has 0 bridgehead atoms. The molecule has 18 heavy (non-hydrogen) atoms. The minimum absolute atomic E-state index is 0.0606. The van der Waals surface area contributed by atoms with Gasteiger partial charge in [0.2, 0.25) is 5.78 Å². The van der Waals surface area contributed by atoms with E-state index in [4.69, 9.17) is 4.74 Å². The second-order valence-corrected chi connectivity index (χ2v) is 4.42. The first-order chi connectivity index (χ1) is 8.66. The molecule has 0 heterocycles. The molecule has 3 heteroatoms. The normalized spacial score (nSPS) is 16.9. The first-order valence-electron chi connectivity index (χ1n) is 6.16. The summed E-state index contributed by atoms with van der Waals surface area (Å²) in [5.74, 6) is 0.646. The van der Waals surface area contributed by atoms with Gasteiger partial charge < -0.3 is 4.74 Å². The van der Waals surface area contributed by atoms with Crippen molar-refractivity contribution in [3.8, 4) is 0 Å². The maximum Gasteiger partial charge on any atom is 0.202 e. The van der Waals surface area contributed by atoms with E-state index in [0.29, 0.717) is 17.7 Å². The SMILES string of the molecule is C[C@@H](OC1=CC(=O)CCC1)C(=O)c1ccccc1. The molecule has 1 aromatic carbocycles. The van der Waals surface area contributed by atoms with Gasteiger partial charge in [-0.15, -0.1) is 0 Å². The average molecular weight is 244 g/mol. The van der Waals surface area contributed by atoms with Crippen LogP contribution in [0.4, 0.5) is 0 Å². The minimum atomic E-state index is -0.551. The quantitative estimate of drug-likeness (QED) is 0.765. The number of ketones is 2. The largest absolute Gasteiger partial charge is 0.487 e. The predicted octanol–water partition coefficient (Wildman–Crippen LogP) is 2.91. The van der Waals surface area contributed by atoms with E-state index in [9.17, 15) is 9.59 Å². The maximum atomic E-state index is 12.1. The highest BCUT2D eigenvalue weighted by atomic mass is 16.5. The van der Waals surface area contributed by atoms with Gasteiger partial charge in [-0.2, -0.15) is 0 Å². The van der Waals surface area contributed by atoms with Gasteiger partial charge in [-0.05, 0) is 13.3 Å². The molecule has 0 unspecified atom stereocenters. The standard InChI is InChI=1S/C15H16O3/c1-11(15(17)12-6-3-2-4-7-12)18-14-9-5-8-13(16)10-14/h2-4,6-7,10-11H,5,8-9H2,1H3/t11-/m1/s1. The second kappa shape index (κ2) is 5.63. The molecular weight excluding hydrogens is 228 g/mol. The van der Waals surface area contributed by atoms with Crippen molar-refractivity contribution in [1.29, 1.82) is 0 Å². The molecule has 0 aliphatic heterocycles. The highest BCUT2D eigenvalue weighted by molar-refractivity contribution is 5.99. The average Bonchev–Trinajstić information content (AvgIpc) is 2.39. The van der Waals surface area contributed by atoms with Crippen molar-refractivity contribution < 1.29 is 14.3 Å². The zero-order valence-corrected chi connectivity index (χ0v) is 10.4. The molecule has 1 aliphatic rings. The number of hydrogen-bond donors (Lipinski definition) is 0. The van der Waals surface area contributed by atoms with E-state index in [0.717, 1.165) is 12.8 Å². The van der Waals surface area contributed by atoms with Crippen molar-refractivity contribution in [3.63, 3.8) is 0 Å². The minimum Gasteiger partial charge on any atom is -0.487 e. The molecule has 1 aliphatic carbocycles. The molecule has 0 amide bonds. The Morgan fingerprint density at radius 2 is 1.94 bits per heavy atom. The molecule has 94 valence electrons. The first-order valence-corrected chi connectivity index (χ1v) is 6.16. The summed E-state index contributed by atoms with van der Waals surface area (Å²) in [5.41, 5.74) is 0.632. The van der Waals surface area contributed by atoms with Crippen LogP contribution in [0.3, 0.4) is 0 Å². The highest BCUT2D eigenvalue weighted by Gasteiger charge is 2.19. The van der Waals surface area contributed by atoms with Crippen LogP contribution >= 0.6 is 0 Å². The highest BCUT2D eigenvalue weighted by Crippen LogP contribution is 2.19. The summed E-state index contributed by atoms with van der Waals surface area (Å²) in [6.45, 7) is 1.72. The van der Waals surface area contributed by atoms with Crippen LogP contribution in [0.15, 0.2) is 42.2 Å². The summed E-state index contributed by atoms with van der Waals surface area (Å²) in [4.78, 5) is 23.3. The molecule has 0 fully saturated rings. The van der Waals surface area contributed by atoms with Gasteiger partial charge in [-0.1, -0.05) is 30.3 Å². The molecule has 0 spiro atoms. The van der Waals surface area contributed by atoms with Gasteiger partial charge in [-0.25, -0.2) is 0 Å². The maximum absolute atomic E-state index is 12.1. The van der Waals surface area contributed by atoms with Crippen LogP contribution in [0.1, 0.15) is 36.5 Å². The van der Waals surface area contributed by atoms with Crippen molar-refractivity contribution in [3.05, 3.63) is 47.7 Å². The summed E-state index contributed by atoms with van der Waals surface area (Å²) in [6, 6.07) is 9.04. The molecule has 0 saturated carbocycles. The Hall–Kier alpha value is -1.90. The Kier molecular flexibility index (Phi) is 3.92. The van der Waals surface area contributed by atoms with Crippen LogP contribution in [0.2, 0.25) is 0 Å². The zero-order valence-electron chi connectivity index (χ0n) is 10.4. The van der Waals surface area contributed by atoms with Crippen molar-refractivity contribution in [2.45, 2.75) is 32.3 Å². The van der Waals surface area contributed by atoms with E-state index in [-0.39, 0.29) is 11.6 Å². The fraction of sp³-hybridized carbons (Fsp3) is 0.333. The van der Waals surface area contributed by atoms with Crippen molar-refractivity contribution in [2.24, 2.45) is 0 Å². The lowest BCUT2D eigenvalue weighted by atomic mass is 10.0. The number of ether oxygens (including phenoxy) is 1.